The van der Waals surface area contributed by atoms with Crippen LogP contribution in [0.4, 0.5) is 4.39 Å². The third kappa shape index (κ3) is 4.08. The molecule has 2 rings (SSSR count). The highest BCUT2D eigenvalue weighted by atomic mass is 35.5. The summed E-state index contributed by atoms with van der Waals surface area (Å²) in [7, 11) is 2.45. The molecule has 0 fully saturated rings. The second-order valence-corrected chi connectivity index (χ2v) is 5.97. The number of esters is 1. The quantitative estimate of drug-likeness (QED) is 0.471. The van der Waals surface area contributed by atoms with E-state index in [1.165, 1.54) is 26.4 Å². The van der Waals surface area contributed by atoms with E-state index in [0.29, 0.717) is 0 Å². The molecule has 1 aromatic carbocycles. The number of carbonyl (C=O) groups excluding carboxylic acids is 2. The molecule has 10 heteroatoms. The van der Waals surface area contributed by atoms with Crippen molar-refractivity contribution in [2.24, 2.45) is 5.16 Å². The van der Waals surface area contributed by atoms with Crippen LogP contribution in [0.3, 0.4) is 0 Å². The number of nitrogens with zero attached hydrogens (tertiary/aromatic N) is 1. The summed E-state index contributed by atoms with van der Waals surface area (Å²) in [5.41, 5.74) is 0.108. The van der Waals surface area contributed by atoms with Crippen LogP contribution in [0.5, 0.6) is 5.75 Å². The molecule has 1 aliphatic heterocycles. The summed E-state index contributed by atoms with van der Waals surface area (Å²) in [6, 6.07) is 2.14. The second-order valence-electron chi connectivity index (χ2n) is 5.19. The number of hydrogen-bond acceptors (Lipinski definition) is 7. The fraction of sp³-hybridized carbons (Fsp3) is 0.312. The molecule has 0 aliphatic carbocycles. The number of carbonyl (C=O) groups is 2. The van der Waals surface area contributed by atoms with Gasteiger partial charge in [-0.25, -0.2) is 14.0 Å². The summed E-state index contributed by atoms with van der Waals surface area (Å²) < 4.78 is 24.4. The minimum absolute atomic E-state index is 0.0360. The van der Waals surface area contributed by atoms with E-state index in [1.807, 2.05) is 0 Å². The number of ether oxygens (including phenoxy) is 2. The van der Waals surface area contributed by atoms with E-state index < -0.39 is 23.8 Å². The van der Waals surface area contributed by atoms with Crippen LogP contribution >= 0.6 is 23.2 Å². The standard InChI is InChI=1S/C16H15Cl2FN2O5/c1-7(22)26-21-11-6-10(20-14(12(11)18)16(23)25-3)8-4-5-9(17)15(24-2)13(8)19/h4-5,10,20H,6H2,1-3H3/b21-11+. The minimum atomic E-state index is -0.781. The molecule has 1 N–H and O–H groups in total. The lowest BCUT2D eigenvalue weighted by atomic mass is 9.96. The Morgan fingerprint density at radius 3 is 2.58 bits per heavy atom. The van der Waals surface area contributed by atoms with Crippen molar-refractivity contribution in [1.29, 1.82) is 0 Å². The molecule has 0 radical (unpaired) electrons. The van der Waals surface area contributed by atoms with Crippen LogP contribution in [0.25, 0.3) is 0 Å². The molecular formula is C16H15Cl2FN2O5. The van der Waals surface area contributed by atoms with E-state index in [1.54, 1.807) is 0 Å². The van der Waals surface area contributed by atoms with E-state index in [9.17, 15) is 14.0 Å². The highest BCUT2D eigenvalue weighted by Crippen LogP contribution is 2.36. The molecule has 0 saturated heterocycles. The Morgan fingerprint density at radius 2 is 2.00 bits per heavy atom. The number of oxime groups is 1. The molecule has 0 aromatic heterocycles. The maximum Gasteiger partial charge on any atom is 0.355 e. The van der Waals surface area contributed by atoms with Gasteiger partial charge in [-0.1, -0.05) is 34.4 Å². The van der Waals surface area contributed by atoms with Gasteiger partial charge in [0.15, 0.2) is 11.6 Å². The molecule has 1 aliphatic rings. The highest BCUT2D eigenvalue weighted by molar-refractivity contribution is 6.45. The van der Waals surface area contributed by atoms with Crippen molar-refractivity contribution in [2.45, 2.75) is 19.4 Å². The van der Waals surface area contributed by atoms with Crippen LogP contribution in [0.2, 0.25) is 5.02 Å². The number of halogens is 3. The van der Waals surface area contributed by atoms with Crippen molar-refractivity contribution in [3.63, 3.8) is 0 Å². The zero-order valence-electron chi connectivity index (χ0n) is 14.1. The Morgan fingerprint density at radius 1 is 1.31 bits per heavy atom. The molecule has 1 atom stereocenters. The molecule has 1 heterocycles. The van der Waals surface area contributed by atoms with E-state index in [0.717, 1.165) is 6.92 Å². The van der Waals surface area contributed by atoms with Crippen LogP contribution in [0.1, 0.15) is 24.9 Å². The predicted octanol–water partition coefficient (Wildman–Crippen LogP) is 3.06. The molecule has 1 aromatic rings. The molecule has 26 heavy (non-hydrogen) atoms. The van der Waals surface area contributed by atoms with Gasteiger partial charge >= 0.3 is 11.9 Å². The normalized spacial score (nSPS) is 18.4. The van der Waals surface area contributed by atoms with E-state index in [2.05, 4.69) is 20.0 Å². The Bertz CT molecular complexity index is 810. The number of nitrogens with one attached hydrogen (secondary N) is 1. The minimum Gasteiger partial charge on any atom is -0.492 e. The van der Waals surface area contributed by atoms with Crippen molar-refractivity contribution in [2.75, 3.05) is 14.2 Å². The summed E-state index contributed by atoms with van der Waals surface area (Å²) in [6.07, 6.45) is 0.0360. The first-order valence-electron chi connectivity index (χ1n) is 7.31. The summed E-state index contributed by atoms with van der Waals surface area (Å²) >= 11 is 12.0. The molecule has 140 valence electrons. The summed E-state index contributed by atoms with van der Waals surface area (Å²) in [5.74, 6) is -2.29. The van der Waals surface area contributed by atoms with Gasteiger partial charge in [0.2, 0.25) is 0 Å². The first kappa shape index (κ1) is 20.0. The van der Waals surface area contributed by atoms with E-state index >= 15 is 0 Å². The third-order valence-corrected chi connectivity index (χ3v) is 4.23. The summed E-state index contributed by atoms with van der Waals surface area (Å²) in [4.78, 5) is 27.6. The summed E-state index contributed by atoms with van der Waals surface area (Å²) in [6.45, 7) is 1.16. The Balaban J connectivity index is 2.51. The maximum atomic E-state index is 14.7. The van der Waals surface area contributed by atoms with Gasteiger partial charge in [0.25, 0.3) is 0 Å². The Hall–Kier alpha value is -2.32. The van der Waals surface area contributed by atoms with Crippen molar-refractivity contribution in [1.82, 2.24) is 5.32 Å². The van der Waals surface area contributed by atoms with Crippen LogP contribution in [0, 0.1) is 5.82 Å². The maximum absolute atomic E-state index is 14.7. The van der Waals surface area contributed by atoms with Crippen LogP contribution in [0.15, 0.2) is 28.0 Å². The molecular weight excluding hydrogens is 390 g/mol. The summed E-state index contributed by atoms with van der Waals surface area (Å²) in [5, 5.41) is 6.47. The van der Waals surface area contributed by atoms with Gasteiger partial charge in [0.05, 0.1) is 30.3 Å². The zero-order valence-corrected chi connectivity index (χ0v) is 15.6. The number of allylic oxidation sites excluding steroid dienone is 1. The average Bonchev–Trinajstić information content (AvgIpc) is 2.60. The van der Waals surface area contributed by atoms with E-state index in [-0.39, 0.29) is 39.2 Å². The second kappa shape index (κ2) is 8.37. The number of methoxy groups -OCH3 is 2. The SMILES string of the molecule is COC(=O)C1=C(Cl)/C(=N/OC(C)=O)CC(c2ccc(Cl)c(OC)c2F)N1. The molecule has 1 unspecified atom stereocenters. The largest absolute Gasteiger partial charge is 0.492 e. The molecule has 0 saturated carbocycles. The fourth-order valence-electron chi connectivity index (χ4n) is 2.35. The number of rotatable bonds is 4. The van der Waals surface area contributed by atoms with Crippen molar-refractivity contribution in [3.8, 4) is 5.75 Å². The monoisotopic (exact) mass is 404 g/mol. The molecule has 7 nitrogen and oxygen atoms in total. The lowest BCUT2D eigenvalue weighted by molar-refractivity contribution is -0.141. The van der Waals surface area contributed by atoms with Crippen LogP contribution in [-0.2, 0) is 19.2 Å². The van der Waals surface area contributed by atoms with Gasteiger partial charge in [-0.2, -0.15) is 0 Å². The Labute approximate surface area is 158 Å². The molecule has 0 bridgehead atoms. The van der Waals surface area contributed by atoms with Crippen LogP contribution < -0.4 is 10.1 Å². The first-order chi connectivity index (χ1) is 12.3. The van der Waals surface area contributed by atoms with Gasteiger partial charge in [-0.05, 0) is 6.07 Å². The van der Waals surface area contributed by atoms with Gasteiger partial charge in [0, 0.05) is 18.9 Å². The predicted molar refractivity (Wildman–Crippen MR) is 92.6 cm³/mol. The van der Waals surface area contributed by atoms with Crippen molar-refractivity contribution < 1.29 is 28.3 Å². The third-order valence-electron chi connectivity index (χ3n) is 3.52. The molecule has 0 spiro atoms. The highest BCUT2D eigenvalue weighted by Gasteiger charge is 2.33. The lowest BCUT2D eigenvalue weighted by Gasteiger charge is -2.27. The van der Waals surface area contributed by atoms with Gasteiger partial charge < -0.3 is 19.6 Å². The molecule has 0 amide bonds. The number of hydrogen-bond donors (Lipinski definition) is 1. The average molecular weight is 405 g/mol. The lowest BCUT2D eigenvalue weighted by Crippen LogP contribution is -2.35. The van der Waals surface area contributed by atoms with Crippen molar-refractivity contribution in [3.05, 3.63) is 39.3 Å². The van der Waals surface area contributed by atoms with E-state index in [4.69, 9.17) is 27.9 Å². The Kier molecular flexibility index (Phi) is 6.44. The van der Waals surface area contributed by atoms with Gasteiger partial charge in [0.1, 0.15) is 11.4 Å². The fourth-order valence-corrected chi connectivity index (χ4v) is 2.82. The number of benzene rings is 1. The smallest absolute Gasteiger partial charge is 0.355 e. The topological polar surface area (TPSA) is 86.2 Å². The van der Waals surface area contributed by atoms with Crippen LogP contribution in [-0.4, -0.2) is 31.9 Å². The van der Waals surface area contributed by atoms with Gasteiger partial charge in [-0.15, -0.1) is 0 Å². The zero-order chi connectivity index (χ0) is 19.4. The van der Waals surface area contributed by atoms with Gasteiger partial charge in [-0.3, -0.25) is 0 Å². The first-order valence-corrected chi connectivity index (χ1v) is 8.07. The van der Waals surface area contributed by atoms with Crippen molar-refractivity contribution >= 4 is 40.9 Å².